The van der Waals surface area contributed by atoms with Gasteiger partial charge in [0, 0.05) is 19.8 Å². The molecule has 5 nitrogen and oxygen atoms in total. The molecule has 0 saturated heterocycles. The smallest absolute Gasteiger partial charge is 0.281 e. The van der Waals surface area contributed by atoms with Crippen LogP contribution in [0.2, 0.25) is 0 Å². The van der Waals surface area contributed by atoms with Crippen LogP contribution in [0.3, 0.4) is 0 Å². The van der Waals surface area contributed by atoms with Gasteiger partial charge in [0.15, 0.2) is 5.03 Å². The Morgan fingerprint density at radius 2 is 1.95 bits per heavy atom. The molecule has 0 amide bonds. The second-order valence-corrected chi connectivity index (χ2v) is 6.05. The highest BCUT2D eigenvalue weighted by molar-refractivity contribution is 7.92. The van der Waals surface area contributed by atoms with Gasteiger partial charge in [0.25, 0.3) is 10.0 Å². The van der Waals surface area contributed by atoms with Gasteiger partial charge in [-0.15, -0.1) is 0 Å². The maximum absolute atomic E-state index is 13.7. The van der Waals surface area contributed by atoms with Crippen LogP contribution in [0.15, 0.2) is 47.6 Å². The molecule has 1 aromatic heterocycles. The van der Waals surface area contributed by atoms with E-state index < -0.39 is 15.8 Å². The number of sulfonamides is 1. The first-order valence-electron chi connectivity index (χ1n) is 5.85. The molecular formula is C13H14FN3O2S. The predicted molar refractivity (Wildman–Crippen MR) is 74.1 cm³/mol. The molecule has 7 heteroatoms. The number of benzene rings is 1. The van der Waals surface area contributed by atoms with Gasteiger partial charge in [-0.1, -0.05) is 18.2 Å². The fraction of sp³-hybridized carbons (Fsp3) is 0.154. The van der Waals surface area contributed by atoms with Crippen molar-refractivity contribution in [3.05, 3.63) is 54.0 Å². The molecule has 0 bridgehead atoms. The van der Waals surface area contributed by atoms with E-state index in [4.69, 9.17) is 5.73 Å². The van der Waals surface area contributed by atoms with Gasteiger partial charge in [0.05, 0.1) is 5.69 Å². The van der Waals surface area contributed by atoms with Crippen LogP contribution in [0.1, 0.15) is 5.56 Å². The molecule has 0 atom stereocenters. The van der Waals surface area contributed by atoms with Crippen LogP contribution in [0.25, 0.3) is 0 Å². The Labute approximate surface area is 116 Å². The van der Waals surface area contributed by atoms with E-state index in [0.717, 1.165) is 9.87 Å². The van der Waals surface area contributed by atoms with Gasteiger partial charge in [0.2, 0.25) is 0 Å². The monoisotopic (exact) mass is 295 g/mol. The second-order valence-electron chi connectivity index (χ2n) is 4.13. The number of para-hydroxylation sites is 1. The van der Waals surface area contributed by atoms with E-state index in [1.165, 1.54) is 37.5 Å². The Bertz CT molecular complexity index is 702. The molecule has 0 radical (unpaired) electrons. The van der Waals surface area contributed by atoms with Gasteiger partial charge in [-0.25, -0.2) is 9.37 Å². The molecule has 0 aliphatic heterocycles. The van der Waals surface area contributed by atoms with E-state index in [0.29, 0.717) is 0 Å². The molecule has 2 N–H and O–H groups in total. The van der Waals surface area contributed by atoms with Crippen molar-refractivity contribution in [2.24, 2.45) is 5.73 Å². The van der Waals surface area contributed by atoms with Crippen LogP contribution < -0.4 is 10.0 Å². The number of halogens is 1. The lowest BCUT2D eigenvalue weighted by molar-refractivity contribution is 0.586. The van der Waals surface area contributed by atoms with Gasteiger partial charge in [-0.3, -0.25) is 4.31 Å². The second kappa shape index (κ2) is 5.56. The number of pyridine rings is 1. The van der Waals surface area contributed by atoms with Crippen molar-refractivity contribution in [1.29, 1.82) is 0 Å². The Kier molecular flexibility index (Phi) is 4.01. The van der Waals surface area contributed by atoms with E-state index in [-0.39, 0.29) is 17.3 Å². The molecule has 1 heterocycles. The topological polar surface area (TPSA) is 76.3 Å². The van der Waals surface area contributed by atoms with Crippen LogP contribution in [0.4, 0.5) is 10.1 Å². The quantitative estimate of drug-likeness (QED) is 0.927. The molecule has 2 aromatic rings. The first-order valence-corrected chi connectivity index (χ1v) is 7.29. The molecule has 0 spiro atoms. The summed E-state index contributed by atoms with van der Waals surface area (Å²) in [6.45, 7) is 0.274. The zero-order valence-electron chi connectivity index (χ0n) is 10.8. The summed E-state index contributed by atoms with van der Waals surface area (Å²) in [6.07, 6.45) is 1.39. The van der Waals surface area contributed by atoms with Gasteiger partial charge >= 0.3 is 0 Å². The van der Waals surface area contributed by atoms with Crippen LogP contribution in [-0.4, -0.2) is 20.4 Å². The highest BCUT2D eigenvalue weighted by Crippen LogP contribution is 2.23. The molecular weight excluding hydrogens is 281 g/mol. The molecule has 1 aromatic carbocycles. The van der Waals surface area contributed by atoms with E-state index in [1.54, 1.807) is 12.1 Å². The summed E-state index contributed by atoms with van der Waals surface area (Å²) in [5, 5.41) is -0.152. The summed E-state index contributed by atoms with van der Waals surface area (Å²) in [7, 11) is -2.61. The Morgan fingerprint density at radius 1 is 1.25 bits per heavy atom. The minimum Gasteiger partial charge on any atom is -0.326 e. The number of rotatable bonds is 4. The van der Waals surface area contributed by atoms with Crippen molar-refractivity contribution in [2.45, 2.75) is 11.6 Å². The SMILES string of the molecule is CN(c1ccccc1F)S(=O)(=O)c1ccc(CN)cn1. The highest BCUT2D eigenvalue weighted by atomic mass is 32.2. The van der Waals surface area contributed by atoms with Crippen LogP contribution >= 0.6 is 0 Å². The van der Waals surface area contributed by atoms with E-state index in [2.05, 4.69) is 4.98 Å². The molecule has 0 saturated carbocycles. The Hall–Kier alpha value is -1.99. The fourth-order valence-corrected chi connectivity index (χ4v) is 2.77. The zero-order valence-corrected chi connectivity index (χ0v) is 11.6. The van der Waals surface area contributed by atoms with Crippen molar-refractivity contribution < 1.29 is 12.8 Å². The van der Waals surface area contributed by atoms with Crippen LogP contribution in [0, 0.1) is 5.82 Å². The fourth-order valence-electron chi connectivity index (χ4n) is 1.66. The minimum absolute atomic E-state index is 0.0304. The zero-order chi connectivity index (χ0) is 14.8. The van der Waals surface area contributed by atoms with Gasteiger partial charge in [0.1, 0.15) is 5.82 Å². The third-order valence-corrected chi connectivity index (χ3v) is 4.54. The number of hydrogen-bond donors (Lipinski definition) is 1. The van der Waals surface area contributed by atoms with E-state index in [1.807, 2.05) is 0 Å². The predicted octanol–water partition coefficient (Wildman–Crippen LogP) is 1.50. The summed E-state index contributed by atoms with van der Waals surface area (Å²) in [4.78, 5) is 3.87. The van der Waals surface area contributed by atoms with Gasteiger partial charge in [-0.05, 0) is 23.8 Å². The molecule has 0 fully saturated rings. The Morgan fingerprint density at radius 3 is 2.50 bits per heavy atom. The van der Waals surface area contributed by atoms with Crippen LogP contribution in [0.5, 0.6) is 0 Å². The molecule has 2 rings (SSSR count). The molecule has 106 valence electrons. The van der Waals surface area contributed by atoms with Gasteiger partial charge in [-0.2, -0.15) is 8.42 Å². The lowest BCUT2D eigenvalue weighted by Crippen LogP contribution is -2.28. The first-order chi connectivity index (χ1) is 9.46. The molecule has 20 heavy (non-hydrogen) atoms. The number of hydrogen-bond acceptors (Lipinski definition) is 4. The van der Waals surface area contributed by atoms with E-state index in [9.17, 15) is 12.8 Å². The maximum atomic E-state index is 13.7. The Balaban J connectivity index is 2.41. The first kappa shape index (κ1) is 14.4. The number of nitrogens with two attached hydrogens (primary N) is 1. The molecule has 0 aliphatic rings. The lowest BCUT2D eigenvalue weighted by Gasteiger charge is -2.19. The lowest BCUT2D eigenvalue weighted by atomic mass is 10.3. The third-order valence-electron chi connectivity index (χ3n) is 2.85. The van der Waals surface area contributed by atoms with Crippen molar-refractivity contribution in [3.63, 3.8) is 0 Å². The normalized spacial score (nSPS) is 11.3. The number of nitrogens with zero attached hydrogens (tertiary/aromatic N) is 2. The van der Waals surface area contributed by atoms with Crippen molar-refractivity contribution in [2.75, 3.05) is 11.4 Å². The number of anilines is 1. The van der Waals surface area contributed by atoms with Crippen molar-refractivity contribution in [3.8, 4) is 0 Å². The van der Waals surface area contributed by atoms with Crippen LogP contribution in [-0.2, 0) is 16.6 Å². The summed E-state index contributed by atoms with van der Waals surface area (Å²) in [5.74, 6) is -0.614. The summed E-state index contributed by atoms with van der Waals surface area (Å²) < 4.78 is 39.2. The van der Waals surface area contributed by atoms with E-state index >= 15 is 0 Å². The average molecular weight is 295 g/mol. The van der Waals surface area contributed by atoms with Crippen molar-refractivity contribution >= 4 is 15.7 Å². The summed E-state index contributed by atoms with van der Waals surface area (Å²) >= 11 is 0. The molecule has 0 unspecified atom stereocenters. The average Bonchev–Trinajstić information content (AvgIpc) is 2.47. The van der Waals surface area contributed by atoms with Crippen molar-refractivity contribution in [1.82, 2.24) is 4.98 Å². The largest absolute Gasteiger partial charge is 0.326 e. The van der Waals surface area contributed by atoms with Gasteiger partial charge < -0.3 is 5.73 Å². The maximum Gasteiger partial charge on any atom is 0.281 e. The summed E-state index contributed by atoms with van der Waals surface area (Å²) in [6, 6.07) is 8.58. The number of aromatic nitrogens is 1. The third kappa shape index (κ3) is 2.63. The minimum atomic E-state index is -3.90. The summed E-state index contributed by atoms with van der Waals surface area (Å²) in [5.41, 5.74) is 6.12. The molecule has 0 aliphatic carbocycles. The standard InChI is InChI=1S/C13H14FN3O2S/c1-17(12-5-3-2-4-11(12)14)20(18,19)13-7-6-10(8-15)9-16-13/h2-7,9H,8,15H2,1H3. The highest BCUT2D eigenvalue weighted by Gasteiger charge is 2.24.